The predicted molar refractivity (Wildman–Crippen MR) is 69.6 cm³/mol. The standard InChI is InChI=1S/C14H18O6/c1-3-4-5-10-17-14(16)19-20-18-13(15)12-8-6-11(2)7-9-12/h6-9H,3-5,10H2,1-2H3. The molecule has 0 aliphatic rings. The van der Waals surface area contributed by atoms with Crippen molar-refractivity contribution in [2.24, 2.45) is 0 Å². The van der Waals surface area contributed by atoms with E-state index in [-0.39, 0.29) is 12.2 Å². The molecule has 1 aromatic rings. The highest BCUT2D eigenvalue weighted by Crippen LogP contribution is 2.05. The lowest BCUT2D eigenvalue weighted by molar-refractivity contribution is -0.452. The Morgan fingerprint density at radius 2 is 1.75 bits per heavy atom. The molecule has 0 N–H and O–H groups in total. The Bertz CT molecular complexity index is 426. The molecular weight excluding hydrogens is 264 g/mol. The van der Waals surface area contributed by atoms with E-state index in [4.69, 9.17) is 0 Å². The highest BCUT2D eigenvalue weighted by atomic mass is 17.5. The Morgan fingerprint density at radius 1 is 1.05 bits per heavy atom. The van der Waals surface area contributed by atoms with E-state index in [2.05, 4.69) is 19.6 Å². The van der Waals surface area contributed by atoms with Crippen molar-refractivity contribution in [1.29, 1.82) is 0 Å². The van der Waals surface area contributed by atoms with Crippen LogP contribution in [0.5, 0.6) is 0 Å². The van der Waals surface area contributed by atoms with Crippen molar-refractivity contribution in [3.05, 3.63) is 35.4 Å². The van der Waals surface area contributed by atoms with Crippen molar-refractivity contribution in [2.45, 2.75) is 33.1 Å². The summed E-state index contributed by atoms with van der Waals surface area (Å²) in [7, 11) is 0. The minimum Gasteiger partial charge on any atom is -0.432 e. The van der Waals surface area contributed by atoms with Crippen LogP contribution in [0.1, 0.15) is 42.1 Å². The first-order valence-corrected chi connectivity index (χ1v) is 6.42. The molecule has 6 nitrogen and oxygen atoms in total. The second-order valence-corrected chi connectivity index (χ2v) is 4.19. The minimum absolute atomic E-state index is 0.238. The van der Waals surface area contributed by atoms with Gasteiger partial charge in [-0.05, 0) is 25.5 Å². The second-order valence-electron chi connectivity index (χ2n) is 4.19. The third kappa shape index (κ3) is 6.19. The Labute approximate surface area is 117 Å². The quantitative estimate of drug-likeness (QED) is 0.330. The molecule has 0 heterocycles. The normalized spacial score (nSPS) is 9.90. The maximum absolute atomic E-state index is 11.5. The fourth-order valence-corrected chi connectivity index (χ4v) is 1.35. The smallest absolute Gasteiger partial charge is 0.432 e. The third-order valence-electron chi connectivity index (χ3n) is 2.47. The van der Waals surface area contributed by atoms with E-state index in [1.54, 1.807) is 24.3 Å². The lowest BCUT2D eigenvalue weighted by Gasteiger charge is -2.04. The van der Waals surface area contributed by atoms with Crippen LogP contribution in [0, 0.1) is 6.92 Å². The van der Waals surface area contributed by atoms with Crippen molar-refractivity contribution >= 4 is 12.1 Å². The molecule has 0 amide bonds. The number of hydrogen-bond donors (Lipinski definition) is 0. The van der Waals surface area contributed by atoms with Gasteiger partial charge in [-0.2, -0.15) is 0 Å². The summed E-state index contributed by atoms with van der Waals surface area (Å²) in [6.07, 6.45) is 1.67. The molecule has 0 atom stereocenters. The zero-order valence-corrected chi connectivity index (χ0v) is 11.6. The van der Waals surface area contributed by atoms with Crippen LogP contribution in [0.15, 0.2) is 24.3 Å². The number of rotatable bonds is 7. The highest BCUT2D eigenvalue weighted by Gasteiger charge is 2.11. The molecule has 110 valence electrons. The summed E-state index contributed by atoms with van der Waals surface area (Å²) in [6, 6.07) is 6.65. The van der Waals surface area contributed by atoms with Crippen LogP contribution in [0.25, 0.3) is 0 Å². The zero-order chi connectivity index (χ0) is 14.8. The Hall–Kier alpha value is -2.08. The van der Waals surface area contributed by atoms with E-state index in [1.165, 1.54) is 0 Å². The van der Waals surface area contributed by atoms with Crippen LogP contribution >= 0.6 is 0 Å². The second kappa shape index (κ2) is 8.92. The zero-order valence-electron chi connectivity index (χ0n) is 11.6. The molecule has 20 heavy (non-hydrogen) atoms. The summed E-state index contributed by atoms with van der Waals surface area (Å²) < 4.78 is 4.67. The van der Waals surface area contributed by atoms with Gasteiger partial charge >= 0.3 is 12.1 Å². The van der Waals surface area contributed by atoms with Crippen LogP contribution in [0.4, 0.5) is 4.79 Å². The van der Waals surface area contributed by atoms with Crippen molar-refractivity contribution in [2.75, 3.05) is 6.61 Å². The average molecular weight is 282 g/mol. The number of unbranched alkanes of at least 4 members (excludes halogenated alkanes) is 2. The van der Waals surface area contributed by atoms with Gasteiger partial charge in [0.1, 0.15) is 0 Å². The SMILES string of the molecule is CCCCCOC(=O)OOOC(=O)c1ccc(C)cc1. The molecule has 0 bridgehead atoms. The first-order valence-electron chi connectivity index (χ1n) is 6.42. The van der Waals surface area contributed by atoms with E-state index in [1.807, 2.05) is 13.8 Å². The number of hydrogen-bond acceptors (Lipinski definition) is 6. The van der Waals surface area contributed by atoms with Gasteiger partial charge in [0.2, 0.25) is 0 Å². The molecule has 0 aromatic heterocycles. The summed E-state index contributed by atoms with van der Waals surface area (Å²) in [6.45, 7) is 4.16. The first kappa shape index (κ1) is 16.0. The molecule has 1 rings (SSSR count). The van der Waals surface area contributed by atoms with Gasteiger partial charge in [0.25, 0.3) is 0 Å². The molecule has 0 unspecified atom stereocenters. The molecule has 0 saturated heterocycles. The van der Waals surface area contributed by atoms with Gasteiger partial charge in [-0.1, -0.05) is 37.5 Å². The van der Waals surface area contributed by atoms with E-state index in [0.717, 1.165) is 24.8 Å². The third-order valence-corrected chi connectivity index (χ3v) is 2.47. The van der Waals surface area contributed by atoms with Crippen LogP contribution in [-0.2, 0) is 19.6 Å². The number of aryl methyl sites for hydroxylation is 1. The monoisotopic (exact) mass is 282 g/mol. The highest BCUT2D eigenvalue weighted by molar-refractivity contribution is 5.88. The molecular formula is C14H18O6. The maximum atomic E-state index is 11.5. The van der Waals surface area contributed by atoms with Crippen molar-refractivity contribution in [3.8, 4) is 0 Å². The van der Waals surface area contributed by atoms with Crippen LogP contribution in [0.3, 0.4) is 0 Å². The Kier molecular flexibility index (Phi) is 7.13. The Balaban J connectivity index is 2.18. The summed E-state index contributed by atoms with van der Waals surface area (Å²) in [4.78, 5) is 30.9. The maximum Gasteiger partial charge on any atom is 0.543 e. The van der Waals surface area contributed by atoms with Crippen molar-refractivity contribution < 1.29 is 29.1 Å². The lowest BCUT2D eigenvalue weighted by atomic mass is 10.2. The fourth-order valence-electron chi connectivity index (χ4n) is 1.35. The van der Waals surface area contributed by atoms with Gasteiger partial charge in [-0.3, -0.25) is 4.89 Å². The van der Waals surface area contributed by atoms with Crippen LogP contribution < -0.4 is 0 Å². The van der Waals surface area contributed by atoms with Gasteiger partial charge in [0.15, 0.2) is 0 Å². The first-order chi connectivity index (χ1) is 9.63. The summed E-state index contributed by atoms with van der Waals surface area (Å²) in [5, 5.41) is 4.07. The van der Waals surface area contributed by atoms with E-state index >= 15 is 0 Å². The van der Waals surface area contributed by atoms with Crippen molar-refractivity contribution in [3.63, 3.8) is 0 Å². The summed E-state index contributed by atoms with van der Waals surface area (Å²) >= 11 is 0. The topological polar surface area (TPSA) is 71.1 Å². The van der Waals surface area contributed by atoms with Crippen LogP contribution in [-0.4, -0.2) is 18.7 Å². The van der Waals surface area contributed by atoms with Gasteiger partial charge in [-0.25, -0.2) is 14.5 Å². The van der Waals surface area contributed by atoms with E-state index < -0.39 is 12.1 Å². The van der Waals surface area contributed by atoms with Gasteiger partial charge in [0.05, 0.1) is 17.2 Å². The van der Waals surface area contributed by atoms with Gasteiger partial charge in [-0.15, -0.1) is 0 Å². The van der Waals surface area contributed by atoms with Gasteiger partial charge in [0, 0.05) is 0 Å². The Morgan fingerprint density at radius 3 is 2.40 bits per heavy atom. The molecule has 0 aliphatic carbocycles. The minimum atomic E-state index is -1.04. The summed E-state index contributed by atoms with van der Waals surface area (Å²) in [5.74, 6) is -0.760. The lowest BCUT2D eigenvalue weighted by Crippen LogP contribution is -2.12. The fraction of sp³-hybridized carbons (Fsp3) is 0.429. The molecule has 1 aromatic carbocycles. The van der Waals surface area contributed by atoms with E-state index in [9.17, 15) is 9.59 Å². The molecule has 0 aliphatic heterocycles. The number of carbonyl (C=O) groups excluding carboxylic acids is 2. The predicted octanol–water partition coefficient (Wildman–Crippen LogP) is 3.34. The largest absolute Gasteiger partial charge is 0.543 e. The average Bonchev–Trinajstić information content (AvgIpc) is 2.44. The van der Waals surface area contributed by atoms with E-state index in [0.29, 0.717) is 0 Å². The molecule has 0 fully saturated rings. The van der Waals surface area contributed by atoms with Crippen molar-refractivity contribution in [1.82, 2.24) is 0 Å². The number of carbonyl (C=O) groups is 2. The van der Waals surface area contributed by atoms with Crippen LogP contribution in [0.2, 0.25) is 0 Å². The number of ether oxygens (including phenoxy) is 1. The summed E-state index contributed by atoms with van der Waals surface area (Å²) in [5.41, 5.74) is 1.30. The number of benzene rings is 1. The molecule has 0 radical (unpaired) electrons. The molecule has 0 spiro atoms. The van der Waals surface area contributed by atoms with Gasteiger partial charge < -0.3 is 4.74 Å². The molecule has 0 saturated carbocycles. The molecule has 6 heteroatoms.